The zero-order chi connectivity index (χ0) is 15.5. The lowest BCUT2D eigenvalue weighted by Gasteiger charge is -2.41. The lowest BCUT2D eigenvalue weighted by molar-refractivity contribution is 0.00853. The van der Waals surface area contributed by atoms with E-state index in [-0.39, 0.29) is 6.10 Å². The molecule has 2 heterocycles. The van der Waals surface area contributed by atoms with Crippen molar-refractivity contribution in [3.05, 3.63) is 18.0 Å². The fourth-order valence-electron chi connectivity index (χ4n) is 3.85. The summed E-state index contributed by atoms with van der Waals surface area (Å²) in [5, 5.41) is 10.2. The lowest BCUT2D eigenvalue weighted by Crippen LogP contribution is -2.48. The minimum Gasteiger partial charge on any atom is -0.391 e. The molecule has 1 saturated carbocycles. The van der Waals surface area contributed by atoms with Crippen molar-refractivity contribution >= 4 is 5.95 Å². The van der Waals surface area contributed by atoms with Gasteiger partial charge in [-0.05, 0) is 44.8 Å². The fourth-order valence-corrected chi connectivity index (χ4v) is 3.85. The summed E-state index contributed by atoms with van der Waals surface area (Å²) in [5.41, 5.74) is 1.17. The van der Waals surface area contributed by atoms with Gasteiger partial charge in [0.05, 0.1) is 6.10 Å². The molecule has 1 aliphatic carbocycles. The Balaban J connectivity index is 1.60. The standard InChI is InChI=1S/C17H28N4O/c1-20(2)17-18-10-7-14(19-17)13-8-11-21(12-9-13)15-5-3-4-6-16(15)22/h7,10,13,15-16,22H,3-6,8-9,11-12H2,1-2H3/t15-,16+/m1/s1. The van der Waals surface area contributed by atoms with E-state index in [2.05, 4.69) is 16.0 Å². The van der Waals surface area contributed by atoms with Gasteiger partial charge in [-0.25, -0.2) is 9.97 Å². The summed E-state index contributed by atoms with van der Waals surface area (Å²) in [6.45, 7) is 2.15. The summed E-state index contributed by atoms with van der Waals surface area (Å²) in [7, 11) is 3.96. The van der Waals surface area contributed by atoms with E-state index in [0.29, 0.717) is 12.0 Å². The largest absolute Gasteiger partial charge is 0.391 e. The van der Waals surface area contributed by atoms with Crippen LogP contribution in [-0.2, 0) is 0 Å². The Kier molecular flexibility index (Phi) is 4.93. The average molecular weight is 304 g/mol. The van der Waals surface area contributed by atoms with Gasteiger partial charge in [0, 0.05) is 37.9 Å². The molecule has 1 aromatic rings. The third kappa shape index (κ3) is 3.41. The van der Waals surface area contributed by atoms with Crippen LogP contribution in [0.3, 0.4) is 0 Å². The van der Waals surface area contributed by atoms with Crippen molar-refractivity contribution in [1.29, 1.82) is 0 Å². The molecule has 1 aromatic heterocycles. The normalized spacial score (nSPS) is 27.8. The van der Waals surface area contributed by atoms with Crippen LogP contribution in [0.1, 0.15) is 50.1 Å². The number of anilines is 1. The molecule has 0 spiro atoms. The SMILES string of the molecule is CN(C)c1nccc(C2CCN([C@@H]3CCCC[C@@H]3O)CC2)n1. The Labute approximate surface area is 133 Å². The molecule has 0 bridgehead atoms. The highest BCUT2D eigenvalue weighted by atomic mass is 16.3. The van der Waals surface area contributed by atoms with Gasteiger partial charge in [-0.3, -0.25) is 4.90 Å². The van der Waals surface area contributed by atoms with Crippen molar-refractivity contribution in [1.82, 2.24) is 14.9 Å². The van der Waals surface area contributed by atoms with Gasteiger partial charge in [0.15, 0.2) is 0 Å². The highest BCUT2D eigenvalue weighted by molar-refractivity contribution is 5.28. The molecule has 1 saturated heterocycles. The van der Waals surface area contributed by atoms with Crippen LogP contribution in [-0.4, -0.2) is 59.3 Å². The quantitative estimate of drug-likeness (QED) is 0.926. The van der Waals surface area contributed by atoms with E-state index in [1.54, 1.807) is 0 Å². The van der Waals surface area contributed by atoms with E-state index in [9.17, 15) is 5.11 Å². The zero-order valence-electron chi connectivity index (χ0n) is 13.8. The molecule has 0 unspecified atom stereocenters. The maximum Gasteiger partial charge on any atom is 0.224 e. The lowest BCUT2D eigenvalue weighted by atomic mass is 9.87. The molecule has 22 heavy (non-hydrogen) atoms. The van der Waals surface area contributed by atoms with Crippen LogP contribution in [0.4, 0.5) is 5.95 Å². The number of hydrogen-bond acceptors (Lipinski definition) is 5. The highest BCUT2D eigenvalue weighted by Crippen LogP contribution is 2.31. The maximum absolute atomic E-state index is 10.2. The van der Waals surface area contributed by atoms with Crippen molar-refractivity contribution in [2.45, 2.75) is 56.6 Å². The summed E-state index contributed by atoms with van der Waals surface area (Å²) in [5.74, 6) is 1.32. The van der Waals surface area contributed by atoms with Crippen LogP contribution >= 0.6 is 0 Å². The van der Waals surface area contributed by atoms with Gasteiger partial charge in [-0.15, -0.1) is 0 Å². The molecule has 0 amide bonds. The van der Waals surface area contributed by atoms with E-state index in [0.717, 1.165) is 44.7 Å². The van der Waals surface area contributed by atoms with Crippen molar-refractivity contribution in [3.63, 3.8) is 0 Å². The topological polar surface area (TPSA) is 52.5 Å². The van der Waals surface area contributed by atoms with E-state index < -0.39 is 0 Å². The van der Waals surface area contributed by atoms with Crippen LogP contribution in [0.5, 0.6) is 0 Å². The number of aliphatic hydroxyl groups excluding tert-OH is 1. The number of rotatable bonds is 3. The molecule has 2 fully saturated rings. The van der Waals surface area contributed by atoms with E-state index >= 15 is 0 Å². The molecule has 3 rings (SSSR count). The molecular formula is C17H28N4O. The van der Waals surface area contributed by atoms with Gasteiger partial charge < -0.3 is 10.0 Å². The molecular weight excluding hydrogens is 276 g/mol. The first kappa shape index (κ1) is 15.7. The third-order valence-electron chi connectivity index (χ3n) is 5.18. The van der Waals surface area contributed by atoms with Crippen molar-refractivity contribution in [3.8, 4) is 0 Å². The average Bonchev–Trinajstić information content (AvgIpc) is 2.56. The van der Waals surface area contributed by atoms with E-state index in [1.807, 2.05) is 25.2 Å². The third-order valence-corrected chi connectivity index (χ3v) is 5.18. The van der Waals surface area contributed by atoms with Crippen molar-refractivity contribution < 1.29 is 5.11 Å². The van der Waals surface area contributed by atoms with Gasteiger partial charge in [0.2, 0.25) is 5.95 Å². The predicted molar refractivity (Wildman–Crippen MR) is 88.2 cm³/mol. The molecule has 2 aliphatic rings. The van der Waals surface area contributed by atoms with Crippen molar-refractivity contribution in [2.75, 3.05) is 32.1 Å². The number of likely N-dealkylation sites (tertiary alicyclic amines) is 1. The van der Waals surface area contributed by atoms with Crippen LogP contribution in [0.2, 0.25) is 0 Å². The monoisotopic (exact) mass is 304 g/mol. The van der Waals surface area contributed by atoms with Crippen LogP contribution in [0, 0.1) is 0 Å². The molecule has 5 heteroatoms. The summed E-state index contributed by atoms with van der Waals surface area (Å²) in [6.07, 6.45) is 8.59. The molecule has 122 valence electrons. The van der Waals surface area contributed by atoms with Crippen molar-refractivity contribution in [2.24, 2.45) is 0 Å². The Morgan fingerprint density at radius 2 is 1.86 bits per heavy atom. The fraction of sp³-hybridized carbons (Fsp3) is 0.765. The van der Waals surface area contributed by atoms with Crippen LogP contribution in [0.25, 0.3) is 0 Å². The number of nitrogens with zero attached hydrogens (tertiary/aromatic N) is 4. The second kappa shape index (κ2) is 6.92. The first-order valence-corrected chi connectivity index (χ1v) is 8.57. The van der Waals surface area contributed by atoms with Gasteiger partial charge in [-0.2, -0.15) is 0 Å². The van der Waals surface area contributed by atoms with Gasteiger partial charge >= 0.3 is 0 Å². The minimum absolute atomic E-state index is 0.121. The number of piperidine rings is 1. The first-order valence-electron chi connectivity index (χ1n) is 8.57. The number of aromatic nitrogens is 2. The first-order chi connectivity index (χ1) is 10.6. The summed E-state index contributed by atoms with van der Waals surface area (Å²) in [6, 6.07) is 2.44. The van der Waals surface area contributed by atoms with Gasteiger partial charge in [0.1, 0.15) is 0 Å². The van der Waals surface area contributed by atoms with Gasteiger partial charge in [0.25, 0.3) is 0 Å². The second-order valence-electron chi connectivity index (χ2n) is 6.91. The van der Waals surface area contributed by atoms with Crippen LogP contribution in [0.15, 0.2) is 12.3 Å². The summed E-state index contributed by atoms with van der Waals surface area (Å²) in [4.78, 5) is 13.5. The predicted octanol–water partition coefficient (Wildman–Crippen LogP) is 2.03. The summed E-state index contributed by atoms with van der Waals surface area (Å²) < 4.78 is 0. The minimum atomic E-state index is -0.121. The molecule has 5 nitrogen and oxygen atoms in total. The van der Waals surface area contributed by atoms with Crippen LogP contribution < -0.4 is 4.90 Å². The van der Waals surface area contributed by atoms with Gasteiger partial charge in [-0.1, -0.05) is 12.8 Å². The smallest absolute Gasteiger partial charge is 0.224 e. The molecule has 0 radical (unpaired) electrons. The molecule has 0 aromatic carbocycles. The second-order valence-corrected chi connectivity index (χ2v) is 6.91. The highest BCUT2D eigenvalue weighted by Gasteiger charge is 2.32. The number of aliphatic hydroxyl groups is 1. The Hall–Kier alpha value is -1.20. The Morgan fingerprint density at radius 3 is 2.55 bits per heavy atom. The van der Waals surface area contributed by atoms with E-state index in [4.69, 9.17) is 4.98 Å². The number of hydrogen-bond donors (Lipinski definition) is 1. The Morgan fingerprint density at radius 1 is 1.14 bits per heavy atom. The summed E-state index contributed by atoms with van der Waals surface area (Å²) >= 11 is 0. The maximum atomic E-state index is 10.2. The van der Waals surface area contributed by atoms with E-state index in [1.165, 1.54) is 18.5 Å². The molecule has 2 atom stereocenters. The Bertz CT molecular complexity index is 485. The molecule has 1 aliphatic heterocycles. The molecule has 1 N–H and O–H groups in total. The zero-order valence-corrected chi connectivity index (χ0v) is 13.8.